The number of nitrogens with zero attached hydrogens (tertiary/aromatic N) is 1. The van der Waals surface area contributed by atoms with Crippen LogP contribution in [-0.4, -0.2) is 10.6 Å². The Balaban J connectivity index is 2.10. The number of halogens is 1. The third-order valence-corrected chi connectivity index (χ3v) is 3.74. The van der Waals surface area contributed by atoms with Gasteiger partial charge in [0.25, 0.3) is 0 Å². The average molecular weight is 288 g/mol. The molecule has 1 heterocycles. The maximum absolute atomic E-state index is 6.07. The minimum atomic E-state index is -0.496. The van der Waals surface area contributed by atoms with Crippen LogP contribution in [0.1, 0.15) is 31.9 Å². The Morgan fingerprint density at radius 2 is 1.45 bits per heavy atom. The van der Waals surface area contributed by atoms with Gasteiger partial charge in [0.15, 0.2) is 0 Å². The molecule has 1 aliphatic rings. The molecule has 2 aromatic rings. The largest absolute Gasteiger partial charge is 0.260 e. The molecule has 1 fully saturated rings. The van der Waals surface area contributed by atoms with Crippen LogP contribution in [-0.2, 0) is 10.6 Å². The molecule has 1 aliphatic heterocycles. The summed E-state index contributed by atoms with van der Waals surface area (Å²) in [5.74, 6) is 0. The summed E-state index contributed by atoms with van der Waals surface area (Å²) in [6.45, 7) is 6.44. The van der Waals surface area contributed by atoms with Gasteiger partial charge in [0.1, 0.15) is 0 Å². The van der Waals surface area contributed by atoms with E-state index in [0.717, 1.165) is 16.1 Å². The van der Waals surface area contributed by atoms with Gasteiger partial charge in [-0.2, -0.15) is 0 Å². The zero-order chi connectivity index (χ0) is 14.4. The van der Waals surface area contributed by atoms with E-state index < -0.39 is 5.72 Å². The lowest BCUT2D eigenvalue weighted by molar-refractivity contribution is 0.101. The zero-order valence-electron chi connectivity index (χ0n) is 11.9. The van der Waals surface area contributed by atoms with Crippen LogP contribution in [0, 0.1) is 0 Å². The molecule has 1 unspecified atom stereocenters. The predicted octanol–water partition coefficient (Wildman–Crippen LogP) is 4.59. The zero-order valence-corrected chi connectivity index (χ0v) is 12.7. The molecule has 0 spiro atoms. The summed E-state index contributed by atoms with van der Waals surface area (Å²) in [7, 11) is 0. The molecule has 0 N–H and O–H groups in total. The van der Waals surface area contributed by atoms with E-state index in [1.54, 1.807) is 0 Å². The van der Waals surface area contributed by atoms with Gasteiger partial charge in [0.2, 0.25) is 5.72 Å². The molecule has 0 amide bonds. The van der Waals surface area contributed by atoms with E-state index in [1.165, 1.54) is 0 Å². The van der Waals surface area contributed by atoms with Crippen molar-refractivity contribution in [2.24, 2.45) is 0 Å². The molecular weight excluding hydrogens is 270 g/mol. The molecule has 0 aliphatic carbocycles. The minimum Gasteiger partial charge on any atom is -0.260 e. The number of hydrogen-bond acceptors (Lipinski definition) is 2. The molecule has 1 saturated heterocycles. The molecule has 104 valence electrons. The molecule has 3 heteroatoms. The second-order valence-corrected chi connectivity index (χ2v) is 6.51. The van der Waals surface area contributed by atoms with E-state index in [9.17, 15) is 0 Å². The van der Waals surface area contributed by atoms with E-state index in [4.69, 9.17) is 16.4 Å². The summed E-state index contributed by atoms with van der Waals surface area (Å²) >= 11 is 6.00. The van der Waals surface area contributed by atoms with E-state index in [0.29, 0.717) is 0 Å². The van der Waals surface area contributed by atoms with Gasteiger partial charge in [-0.15, -0.1) is 5.06 Å². The van der Waals surface area contributed by atoms with Crippen LogP contribution < -0.4 is 0 Å². The van der Waals surface area contributed by atoms with Crippen LogP contribution >= 0.6 is 11.6 Å². The highest BCUT2D eigenvalue weighted by Gasteiger charge is 2.62. The Hall–Kier alpha value is -1.35. The Kier molecular flexibility index (Phi) is 3.13. The van der Waals surface area contributed by atoms with E-state index in [1.807, 2.05) is 47.5 Å². The second-order valence-electron chi connectivity index (χ2n) is 6.07. The third-order valence-electron chi connectivity index (χ3n) is 3.49. The SMILES string of the molecule is CC(C)(C)N1O[C@@]1(c1ccccc1)c1ccc(Cl)cc1. The highest BCUT2D eigenvalue weighted by atomic mass is 35.5. The molecule has 3 rings (SSSR count). The minimum absolute atomic E-state index is 0.0739. The van der Waals surface area contributed by atoms with Crippen molar-refractivity contribution in [2.45, 2.75) is 32.0 Å². The van der Waals surface area contributed by atoms with Crippen molar-refractivity contribution in [1.82, 2.24) is 5.06 Å². The summed E-state index contributed by atoms with van der Waals surface area (Å²) in [6.07, 6.45) is 0. The fraction of sp³-hybridized carbons (Fsp3) is 0.294. The number of hydrogen-bond donors (Lipinski definition) is 0. The van der Waals surface area contributed by atoms with Gasteiger partial charge in [-0.25, -0.2) is 0 Å². The number of benzene rings is 2. The van der Waals surface area contributed by atoms with Crippen molar-refractivity contribution in [2.75, 3.05) is 0 Å². The van der Waals surface area contributed by atoms with Gasteiger partial charge in [0, 0.05) is 21.7 Å². The standard InChI is InChI=1S/C17H18ClNO/c1-16(2,3)19-17(20-19,13-7-5-4-6-8-13)14-9-11-15(18)12-10-14/h4-12H,1-3H3/t17-,19?/m0/s1. The van der Waals surface area contributed by atoms with Gasteiger partial charge < -0.3 is 0 Å². The van der Waals surface area contributed by atoms with Crippen molar-refractivity contribution < 1.29 is 4.84 Å². The Labute approximate surface area is 124 Å². The van der Waals surface area contributed by atoms with E-state index >= 15 is 0 Å². The van der Waals surface area contributed by atoms with Crippen LogP contribution in [0.15, 0.2) is 54.6 Å². The molecule has 2 aromatic carbocycles. The first kappa shape index (κ1) is 13.6. The van der Waals surface area contributed by atoms with E-state index in [2.05, 4.69) is 32.9 Å². The highest BCUT2D eigenvalue weighted by Crippen LogP contribution is 2.54. The van der Waals surface area contributed by atoms with Crippen molar-refractivity contribution in [1.29, 1.82) is 0 Å². The van der Waals surface area contributed by atoms with Gasteiger partial charge in [-0.3, -0.25) is 4.84 Å². The quantitative estimate of drug-likeness (QED) is 0.751. The molecule has 0 aromatic heterocycles. The first-order valence-corrected chi connectivity index (χ1v) is 7.13. The molecule has 2 atom stereocenters. The van der Waals surface area contributed by atoms with Crippen molar-refractivity contribution in [3.63, 3.8) is 0 Å². The van der Waals surface area contributed by atoms with Crippen molar-refractivity contribution in [3.05, 3.63) is 70.7 Å². The summed E-state index contributed by atoms with van der Waals surface area (Å²) in [4.78, 5) is 6.07. The van der Waals surface area contributed by atoms with Gasteiger partial charge in [0.05, 0.1) is 0 Å². The molecular formula is C17H18ClNO. The molecule has 20 heavy (non-hydrogen) atoms. The highest BCUT2D eigenvalue weighted by molar-refractivity contribution is 6.30. The van der Waals surface area contributed by atoms with Crippen molar-refractivity contribution >= 4 is 11.6 Å². The lowest BCUT2D eigenvalue weighted by Gasteiger charge is -2.22. The summed E-state index contributed by atoms with van der Waals surface area (Å²) in [5.41, 5.74) is 1.67. The maximum atomic E-state index is 6.07. The topological polar surface area (TPSA) is 15.5 Å². The lowest BCUT2D eigenvalue weighted by atomic mass is 9.94. The summed E-state index contributed by atoms with van der Waals surface area (Å²) in [6, 6.07) is 18.2. The molecule has 0 radical (unpaired) electrons. The van der Waals surface area contributed by atoms with Crippen LogP contribution in [0.5, 0.6) is 0 Å². The predicted molar refractivity (Wildman–Crippen MR) is 81.4 cm³/mol. The van der Waals surface area contributed by atoms with Crippen molar-refractivity contribution in [3.8, 4) is 0 Å². The first-order valence-electron chi connectivity index (χ1n) is 6.75. The molecule has 2 nitrogen and oxygen atoms in total. The number of hydroxylamine groups is 2. The Bertz CT molecular complexity index is 603. The van der Waals surface area contributed by atoms with Gasteiger partial charge in [-0.1, -0.05) is 54.1 Å². The third kappa shape index (κ3) is 2.14. The molecule has 0 saturated carbocycles. The Morgan fingerprint density at radius 1 is 0.900 bits per heavy atom. The van der Waals surface area contributed by atoms with Gasteiger partial charge >= 0.3 is 0 Å². The second kappa shape index (κ2) is 4.59. The van der Waals surface area contributed by atoms with E-state index in [-0.39, 0.29) is 5.54 Å². The van der Waals surface area contributed by atoms with Crippen LogP contribution in [0.2, 0.25) is 5.02 Å². The van der Waals surface area contributed by atoms with Crippen LogP contribution in [0.3, 0.4) is 0 Å². The summed E-state index contributed by atoms with van der Waals surface area (Å²) in [5, 5.41) is 2.78. The van der Waals surface area contributed by atoms with Crippen LogP contribution in [0.4, 0.5) is 0 Å². The fourth-order valence-electron chi connectivity index (χ4n) is 2.57. The monoisotopic (exact) mass is 287 g/mol. The summed E-state index contributed by atoms with van der Waals surface area (Å²) < 4.78 is 0. The maximum Gasteiger partial charge on any atom is 0.216 e. The Morgan fingerprint density at radius 3 is 1.95 bits per heavy atom. The van der Waals surface area contributed by atoms with Gasteiger partial charge in [-0.05, 0) is 32.9 Å². The number of rotatable bonds is 2. The fourth-order valence-corrected chi connectivity index (χ4v) is 2.69. The first-order chi connectivity index (χ1) is 9.44. The van der Waals surface area contributed by atoms with Crippen LogP contribution in [0.25, 0.3) is 0 Å². The molecule has 0 bridgehead atoms. The lowest BCUT2D eigenvalue weighted by Crippen LogP contribution is -2.32. The average Bonchev–Trinajstić information content (AvgIpc) is 3.17. The smallest absolute Gasteiger partial charge is 0.216 e. The normalized spacial score (nSPS) is 25.5.